The Morgan fingerprint density at radius 2 is 0.833 bits per heavy atom. The first-order chi connectivity index (χ1) is 32.2. The molecule has 0 aromatic heterocycles. The Morgan fingerprint density at radius 3 is 1.38 bits per heavy atom. The van der Waals surface area contributed by atoms with Crippen LogP contribution in [0.4, 0.5) is 0 Å². The number of phenols is 1. The maximum atomic E-state index is 14.6. The molecule has 0 bridgehead atoms. The molecule has 0 saturated carbocycles. The molecule has 0 aliphatic carbocycles. The normalized spacial score (nSPS) is 11.6. The van der Waals surface area contributed by atoms with Crippen LogP contribution in [0.1, 0.15) is 5.56 Å². The van der Waals surface area contributed by atoms with Crippen LogP contribution in [-0.4, -0.2) is 30.7 Å². The number of benzene rings is 11. The van der Waals surface area contributed by atoms with Gasteiger partial charge in [0.2, 0.25) is 0 Å². The van der Waals surface area contributed by atoms with Gasteiger partial charge in [-0.05, 0) is 120 Å². The van der Waals surface area contributed by atoms with E-state index in [2.05, 4.69) is 155 Å². The van der Waals surface area contributed by atoms with Crippen molar-refractivity contribution in [1.29, 1.82) is 0 Å². The third-order valence-electron chi connectivity index (χ3n) is 12.2. The lowest BCUT2D eigenvalue weighted by molar-refractivity contribution is -0.883. The summed E-state index contributed by atoms with van der Waals surface area (Å²) in [6.07, 6.45) is 0. The van der Waals surface area contributed by atoms with Gasteiger partial charge in [-0.15, -0.1) is 0 Å². The van der Waals surface area contributed by atoms with E-state index < -0.39 is 7.92 Å². The highest BCUT2D eigenvalue weighted by atomic mass is 31.1. The Balaban J connectivity index is 0.000000181. The third kappa shape index (κ3) is 8.67. The van der Waals surface area contributed by atoms with E-state index in [0.717, 1.165) is 65.2 Å². The average Bonchev–Trinajstić information content (AvgIpc) is 3.34. The number of nitrogens with zero attached hydrogens (tertiary/aromatic N) is 1. The molecule has 11 aromatic carbocycles. The number of fused-ring (bicyclic) bond motifs is 4. The Labute approximate surface area is 388 Å². The van der Waals surface area contributed by atoms with Gasteiger partial charge in [-0.2, -0.15) is 0 Å². The summed E-state index contributed by atoms with van der Waals surface area (Å²) in [5, 5.41) is 39.0. The largest absolute Gasteiger partial charge is 0.872 e. The fourth-order valence-corrected chi connectivity index (χ4v) is 11.6. The van der Waals surface area contributed by atoms with Gasteiger partial charge >= 0.3 is 0 Å². The van der Waals surface area contributed by atoms with Crippen molar-refractivity contribution in [1.82, 2.24) is 0 Å². The molecular formula is C62H50NO2P. The summed E-state index contributed by atoms with van der Waals surface area (Å²) >= 11 is 0. The van der Waals surface area contributed by atoms with Crippen LogP contribution >= 0.6 is 7.92 Å². The van der Waals surface area contributed by atoms with E-state index in [-0.39, 0.29) is 11.5 Å². The van der Waals surface area contributed by atoms with Gasteiger partial charge in [0.25, 0.3) is 0 Å². The zero-order valence-corrected chi connectivity index (χ0v) is 38.3. The Morgan fingerprint density at radius 1 is 0.394 bits per heavy atom. The highest BCUT2D eigenvalue weighted by Crippen LogP contribution is 2.51. The van der Waals surface area contributed by atoms with Crippen molar-refractivity contribution in [2.45, 2.75) is 6.54 Å². The van der Waals surface area contributed by atoms with Crippen LogP contribution in [0, 0.1) is 0 Å². The Hall–Kier alpha value is -7.55. The minimum atomic E-state index is -0.511. The molecule has 66 heavy (non-hydrogen) atoms. The van der Waals surface area contributed by atoms with Crippen LogP contribution in [0.2, 0.25) is 0 Å². The standard InChI is InChI=1S/C40H26O2.C22H25NP/c41-39-35(31-19-17-25-9-1-3-11-27(25)21-31)23-29-13-5-7-15-33(29)37(39)38-34-16-8-6-14-30(34)24-36(40(38)42)32-20-18-26-10-2-4-12-28(26)22-32;1-23(2,3)18-19-11-10-16-22(17-19)24(20-12-6-4-7-13-20)21-14-8-5-9-15-21/h1-24,41-42H;4-17H,18H2,1-3H3/q;+1/p-1. The molecule has 11 rings (SSSR count). The SMILES string of the molecule is C[N+](C)(C)Cc1cccc(P(c2ccccc2)c2ccccc2)c1.[O-]c1c(-c2ccc3ccccc3c2)cc2ccccc2c1-c1c(O)c(-c2ccc3ccccc3c2)cc2ccccc12. The second-order valence-corrected chi connectivity index (χ2v) is 20.2. The van der Waals surface area contributed by atoms with Crippen LogP contribution in [0.25, 0.3) is 76.5 Å². The van der Waals surface area contributed by atoms with Crippen LogP contribution in [0.5, 0.6) is 11.5 Å². The number of hydrogen-bond donors (Lipinski definition) is 1. The first kappa shape index (κ1) is 42.4. The summed E-state index contributed by atoms with van der Waals surface area (Å²) in [4.78, 5) is 0. The molecule has 0 saturated heterocycles. The minimum absolute atomic E-state index is 0.0971. The minimum Gasteiger partial charge on any atom is -0.872 e. The Kier molecular flexibility index (Phi) is 11.7. The van der Waals surface area contributed by atoms with Crippen molar-refractivity contribution < 1.29 is 14.7 Å². The van der Waals surface area contributed by atoms with Crippen LogP contribution in [-0.2, 0) is 6.54 Å². The van der Waals surface area contributed by atoms with Crippen molar-refractivity contribution in [3.8, 4) is 44.9 Å². The van der Waals surface area contributed by atoms with Gasteiger partial charge in [0.1, 0.15) is 12.3 Å². The molecule has 11 aromatic rings. The molecule has 1 N–H and O–H groups in total. The molecule has 0 heterocycles. The van der Waals surface area contributed by atoms with E-state index in [1.54, 1.807) is 0 Å². The van der Waals surface area contributed by atoms with E-state index in [9.17, 15) is 10.2 Å². The molecule has 0 fully saturated rings. The monoisotopic (exact) mass is 871 g/mol. The van der Waals surface area contributed by atoms with Crippen LogP contribution < -0.4 is 21.0 Å². The summed E-state index contributed by atoms with van der Waals surface area (Å²) in [7, 11) is 6.21. The summed E-state index contributed by atoms with van der Waals surface area (Å²) in [5.74, 6) is 0.0157. The number of phenolic OH excluding ortho intramolecular Hbond substituents is 1. The van der Waals surface area contributed by atoms with E-state index in [4.69, 9.17) is 0 Å². The van der Waals surface area contributed by atoms with E-state index in [1.165, 1.54) is 21.5 Å². The lowest BCUT2D eigenvalue weighted by Gasteiger charge is -2.25. The van der Waals surface area contributed by atoms with Crippen molar-refractivity contribution in [3.63, 3.8) is 0 Å². The van der Waals surface area contributed by atoms with Crippen molar-refractivity contribution in [3.05, 3.63) is 236 Å². The number of quaternary nitrogens is 1. The van der Waals surface area contributed by atoms with E-state index in [1.807, 2.05) is 97.1 Å². The van der Waals surface area contributed by atoms with Gasteiger partial charge in [0, 0.05) is 16.7 Å². The second kappa shape index (κ2) is 18.1. The average molecular weight is 872 g/mol. The molecule has 0 amide bonds. The summed E-state index contributed by atoms with van der Waals surface area (Å²) in [5.41, 5.74) is 5.58. The van der Waals surface area contributed by atoms with Crippen molar-refractivity contribution >= 4 is 66.9 Å². The molecule has 0 spiro atoms. The quantitative estimate of drug-likeness (QED) is 0.122. The van der Waals surface area contributed by atoms with Crippen LogP contribution in [0.15, 0.2) is 231 Å². The molecule has 0 aliphatic heterocycles. The van der Waals surface area contributed by atoms with Gasteiger partial charge < -0.3 is 14.7 Å². The molecule has 0 aliphatic rings. The summed E-state index contributed by atoms with van der Waals surface area (Å²) in [6.45, 7) is 1.04. The molecule has 320 valence electrons. The lowest BCUT2D eigenvalue weighted by Crippen LogP contribution is -2.33. The first-order valence-corrected chi connectivity index (χ1v) is 23.8. The van der Waals surface area contributed by atoms with Gasteiger partial charge in [0.15, 0.2) is 0 Å². The van der Waals surface area contributed by atoms with Gasteiger partial charge in [-0.1, -0.05) is 206 Å². The maximum Gasteiger partial charge on any atom is 0.131 e. The zero-order chi connectivity index (χ0) is 45.2. The van der Waals surface area contributed by atoms with Gasteiger partial charge in [-0.25, -0.2) is 0 Å². The summed E-state index contributed by atoms with van der Waals surface area (Å²) in [6, 6.07) is 79.6. The maximum absolute atomic E-state index is 14.6. The fraction of sp³-hybridized carbons (Fsp3) is 0.0645. The predicted molar refractivity (Wildman–Crippen MR) is 281 cm³/mol. The molecule has 0 atom stereocenters. The molecule has 0 radical (unpaired) electrons. The van der Waals surface area contributed by atoms with Crippen LogP contribution in [0.3, 0.4) is 0 Å². The lowest BCUT2D eigenvalue weighted by atomic mass is 9.86. The first-order valence-electron chi connectivity index (χ1n) is 22.4. The highest BCUT2D eigenvalue weighted by Gasteiger charge is 2.21. The summed E-state index contributed by atoms with van der Waals surface area (Å²) < 4.78 is 0.943. The number of rotatable bonds is 8. The van der Waals surface area contributed by atoms with Crippen molar-refractivity contribution in [2.75, 3.05) is 21.1 Å². The van der Waals surface area contributed by atoms with E-state index >= 15 is 0 Å². The van der Waals surface area contributed by atoms with Crippen molar-refractivity contribution in [2.24, 2.45) is 0 Å². The predicted octanol–water partition coefficient (Wildman–Crippen LogP) is 13.7. The fourth-order valence-electron chi connectivity index (χ4n) is 9.26. The smallest absolute Gasteiger partial charge is 0.131 e. The number of hydrogen-bond acceptors (Lipinski definition) is 2. The molecule has 0 unspecified atom stereocenters. The topological polar surface area (TPSA) is 43.3 Å². The zero-order valence-electron chi connectivity index (χ0n) is 37.4. The van der Waals surface area contributed by atoms with E-state index in [0.29, 0.717) is 22.3 Å². The Bertz CT molecular complexity index is 3320. The molecule has 3 nitrogen and oxygen atoms in total. The third-order valence-corrected chi connectivity index (χ3v) is 14.7. The molecule has 4 heteroatoms. The van der Waals surface area contributed by atoms with Gasteiger partial charge in [-0.3, -0.25) is 0 Å². The second-order valence-electron chi connectivity index (χ2n) is 18.0. The van der Waals surface area contributed by atoms with Gasteiger partial charge in [0.05, 0.1) is 21.1 Å². The highest BCUT2D eigenvalue weighted by molar-refractivity contribution is 7.79. The molecular weight excluding hydrogens is 822 g/mol. The number of aromatic hydroxyl groups is 1.